The van der Waals surface area contributed by atoms with Crippen molar-refractivity contribution in [3.05, 3.63) is 48.6 Å². The molecule has 0 spiro atoms. The third kappa shape index (κ3) is 42.9. The summed E-state index contributed by atoms with van der Waals surface area (Å²) in [6, 6.07) is -0.829. The van der Waals surface area contributed by atoms with Crippen LogP contribution >= 0.6 is 0 Å². The van der Waals surface area contributed by atoms with Gasteiger partial charge in [-0.2, -0.15) is 0 Å². The van der Waals surface area contributed by atoms with Gasteiger partial charge in [0.2, 0.25) is 5.91 Å². The van der Waals surface area contributed by atoms with Crippen molar-refractivity contribution < 1.29 is 39.8 Å². The highest BCUT2D eigenvalue weighted by Crippen LogP contribution is 2.23. The van der Waals surface area contributed by atoms with Gasteiger partial charge in [-0.25, -0.2) is 0 Å². The van der Waals surface area contributed by atoms with Crippen molar-refractivity contribution >= 4 is 5.91 Å². The molecule has 1 heterocycles. The summed E-state index contributed by atoms with van der Waals surface area (Å²) < 4.78 is 11.3. The molecule has 0 radical (unpaired) electrons. The summed E-state index contributed by atoms with van der Waals surface area (Å²) in [6.45, 7) is 3.79. The van der Waals surface area contributed by atoms with E-state index in [-0.39, 0.29) is 12.5 Å². The Hall–Kier alpha value is -1.85. The Balaban J connectivity index is 2.21. The number of amides is 1. The van der Waals surface area contributed by atoms with Crippen molar-refractivity contribution in [3.8, 4) is 0 Å². The number of unbranched alkanes of at least 4 members (excludes halogenated alkanes) is 38. The van der Waals surface area contributed by atoms with Crippen LogP contribution in [0, 0.1) is 0 Å². The SMILES string of the molecule is CCCCCCCCCC/C=C\CCCCCCCCCCCCCCCCCC(=O)NC(COC1OC(CO)C(O)C(O)C1O)C(O)/C=C/CC/C=C/CC/C=C/CCCCCCCCCCCCCCC. The fraction of sp³-hybridized carbons (Fsp3) is 0.859. The second-order valence-corrected chi connectivity index (χ2v) is 21.8. The average Bonchev–Trinajstić information content (AvgIpc) is 3.39. The van der Waals surface area contributed by atoms with Gasteiger partial charge in [-0.15, -0.1) is 0 Å². The summed E-state index contributed by atoms with van der Waals surface area (Å²) in [5.41, 5.74) is 0. The van der Waals surface area contributed by atoms with Crippen LogP contribution in [0.5, 0.6) is 0 Å². The van der Waals surface area contributed by atoms with E-state index in [1.54, 1.807) is 6.08 Å². The molecule has 1 saturated heterocycles. The molecule has 1 aliphatic rings. The van der Waals surface area contributed by atoms with Crippen molar-refractivity contribution in [1.82, 2.24) is 5.32 Å². The van der Waals surface area contributed by atoms with Gasteiger partial charge in [0.1, 0.15) is 24.4 Å². The topological polar surface area (TPSA) is 149 Å². The summed E-state index contributed by atoms with van der Waals surface area (Å²) >= 11 is 0. The highest BCUT2D eigenvalue weighted by Gasteiger charge is 2.44. The fourth-order valence-corrected chi connectivity index (χ4v) is 9.89. The molecule has 7 atom stereocenters. The minimum atomic E-state index is -1.58. The van der Waals surface area contributed by atoms with E-state index in [0.717, 1.165) is 44.9 Å². The van der Waals surface area contributed by atoms with Crippen LogP contribution in [0.4, 0.5) is 0 Å². The Morgan fingerprint density at radius 3 is 1.15 bits per heavy atom. The smallest absolute Gasteiger partial charge is 0.220 e. The molecule has 0 aromatic heterocycles. The molecular formula is C64H119NO8. The lowest BCUT2D eigenvalue weighted by Crippen LogP contribution is -2.60. The quantitative estimate of drug-likeness (QED) is 0.0261. The molecule has 1 rings (SSSR count). The van der Waals surface area contributed by atoms with E-state index in [9.17, 15) is 30.3 Å². The molecule has 0 aliphatic carbocycles. The maximum absolute atomic E-state index is 13.1. The van der Waals surface area contributed by atoms with Gasteiger partial charge in [0.15, 0.2) is 6.29 Å². The molecule has 6 N–H and O–H groups in total. The highest BCUT2D eigenvalue weighted by molar-refractivity contribution is 5.76. The first kappa shape index (κ1) is 69.2. The highest BCUT2D eigenvalue weighted by atomic mass is 16.7. The van der Waals surface area contributed by atoms with Gasteiger partial charge in [0.25, 0.3) is 0 Å². The van der Waals surface area contributed by atoms with Gasteiger partial charge in [-0.3, -0.25) is 4.79 Å². The lowest BCUT2D eigenvalue weighted by molar-refractivity contribution is -0.302. The van der Waals surface area contributed by atoms with Crippen LogP contribution in [0.15, 0.2) is 48.6 Å². The van der Waals surface area contributed by atoms with Gasteiger partial charge in [-0.1, -0.05) is 268 Å². The average molecular weight is 1030 g/mol. The fourth-order valence-electron chi connectivity index (χ4n) is 9.89. The van der Waals surface area contributed by atoms with Crippen LogP contribution in [0.2, 0.25) is 0 Å². The maximum Gasteiger partial charge on any atom is 0.220 e. The molecule has 7 unspecified atom stereocenters. The number of hydrogen-bond acceptors (Lipinski definition) is 8. The third-order valence-electron chi connectivity index (χ3n) is 14.9. The van der Waals surface area contributed by atoms with Gasteiger partial charge in [-0.05, 0) is 70.6 Å². The summed E-state index contributed by atoms with van der Waals surface area (Å²) in [4.78, 5) is 13.1. The predicted octanol–water partition coefficient (Wildman–Crippen LogP) is 16.1. The van der Waals surface area contributed by atoms with Crippen molar-refractivity contribution in [2.75, 3.05) is 13.2 Å². The Morgan fingerprint density at radius 1 is 0.452 bits per heavy atom. The lowest BCUT2D eigenvalue weighted by atomic mass is 9.99. The number of allylic oxidation sites excluding steroid dienone is 7. The normalized spacial score (nSPS) is 19.4. The van der Waals surface area contributed by atoms with Crippen LogP contribution in [0.25, 0.3) is 0 Å². The van der Waals surface area contributed by atoms with Crippen LogP contribution in [-0.2, 0) is 14.3 Å². The molecule has 1 aliphatic heterocycles. The van der Waals surface area contributed by atoms with E-state index in [2.05, 4.69) is 55.6 Å². The van der Waals surface area contributed by atoms with E-state index < -0.39 is 49.5 Å². The number of carbonyl (C=O) groups is 1. The number of nitrogens with one attached hydrogen (secondary N) is 1. The van der Waals surface area contributed by atoms with Gasteiger partial charge < -0.3 is 40.3 Å². The zero-order chi connectivity index (χ0) is 52.9. The summed E-state index contributed by atoms with van der Waals surface area (Å²) in [5.74, 6) is -0.187. The summed E-state index contributed by atoms with van der Waals surface area (Å²) in [6.07, 6.45) is 64.8. The molecule has 0 aromatic rings. The molecule has 9 heteroatoms. The molecule has 73 heavy (non-hydrogen) atoms. The number of ether oxygens (including phenoxy) is 2. The number of aliphatic hydroxyl groups is 5. The largest absolute Gasteiger partial charge is 0.394 e. The molecule has 0 saturated carbocycles. The Morgan fingerprint density at radius 2 is 0.781 bits per heavy atom. The van der Waals surface area contributed by atoms with E-state index in [4.69, 9.17) is 9.47 Å². The van der Waals surface area contributed by atoms with Gasteiger partial charge in [0, 0.05) is 6.42 Å². The predicted molar refractivity (Wildman–Crippen MR) is 309 cm³/mol. The van der Waals surface area contributed by atoms with Gasteiger partial charge in [0.05, 0.1) is 25.4 Å². The molecule has 428 valence electrons. The maximum atomic E-state index is 13.1. The molecule has 1 fully saturated rings. The van der Waals surface area contributed by atoms with Crippen LogP contribution in [0.3, 0.4) is 0 Å². The number of hydrogen-bond donors (Lipinski definition) is 6. The third-order valence-corrected chi connectivity index (χ3v) is 14.9. The second-order valence-electron chi connectivity index (χ2n) is 21.8. The first-order chi connectivity index (χ1) is 35.8. The van der Waals surface area contributed by atoms with E-state index in [0.29, 0.717) is 6.42 Å². The zero-order valence-electron chi connectivity index (χ0n) is 47.6. The minimum absolute atomic E-state index is 0.187. The van der Waals surface area contributed by atoms with Crippen LogP contribution in [-0.4, -0.2) is 87.5 Å². The number of carbonyl (C=O) groups excluding carboxylic acids is 1. The molecule has 0 aromatic carbocycles. The van der Waals surface area contributed by atoms with Crippen LogP contribution < -0.4 is 5.32 Å². The Bertz CT molecular complexity index is 1290. The van der Waals surface area contributed by atoms with Gasteiger partial charge >= 0.3 is 0 Å². The van der Waals surface area contributed by atoms with Crippen molar-refractivity contribution in [1.29, 1.82) is 0 Å². The lowest BCUT2D eigenvalue weighted by Gasteiger charge is -2.40. The standard InChI is InChI=1S/C64H119NO8/c1-3-5-7-9-11-13-15-17-19-21-23-25-27-28-29-30-32-34-36-38-40-42-44-46-48-50-52-54-60(68)65-57(56-72-64-63(71)62(70)61(69)59(55-66)73-64)58(67)53-51-49-47-45-43-41-39-37-35-33-31-26-24-22-20-18-16-14-12-10-8-6-4-2/h21,23,35,37,43,45,51,53,57-59,61-64,66-67,69-71H,3-20,22,24-34,36,38-42,44,46-50,52,54-56H2,1-2H3,(H,65,68)/b23-21-,37-35+,45-43+,53-51+. The number of rotatable bonds is 54. The van der Waals surface area contributed by atoms with E-state index >= 15 is 0 Å². The second kappa shape index (κ2) is 53.5. The van der Waals surface area contributed by atoms with Crippen molar-refractivity contribution in [3.63, 3.8) is 0 Å². The Labute approximate surface area is 450 Å². The molecule has 9 nitrogen and oxygen atoms in total. The summed E-state index contributed by atoms with van der Waals surface area (Å²) in [7, 11) is 0. The van der Waals surface area contributed by atoms with Crippen LogP contribution in [0.1, 0.15) is 296 Å². The molecule has 1 amide bonds. The number of aliphatic hydroxyl groups excluding tert-OH is 5. The van der Waals surface area contributed by atoms with E-state index in [1.807, 2.05) is 6.08 Å². The monoisotopic (exact) mass is 1030 g/mol. The zero-order valence-corrected chi connectivity index (χ0v) is 47.6. The van der Waals surface area contributed by atoms with Crippen molar-refractivity contribution in [2.24, 2.45) is 0 Å². The molecule has 0 bridgehead atoms. The molecular weight excluding hydrogens is 911 g/mol. The minimum Gasteiger partial charge on any atom is -0.394 e. The first-order valence-corrected chi connectivity index (χ1v) is 31.4. The summed E-state index contributed by atoms with van der Waals surface area (Å²) in [5, 5.41) is 54.6. The van der Waals surface area contributed by atoms with Crippen molar-refractivity contribution in [2.45, 2.75) is 339 Å². The Kier molecular flexibility index (Phi) is 50.7. The van der Waals surface area contributed by atoms with E-state index in [1.165, 1.54) is 231 Å². The first-order valence-electron chi connectivity index (χ1n) is 31.4.